The van der Waals surface area contributed by atoms with E-state index in [1.54, 1.807) is 17.0 Å². The third-order valence-electron chi connectivity index (χ3n) is 4.73. The second-order valence-electron chi connectivity index (χ2n) is 6.52. The maximum Gasteiger partial charge on any atom is 0.257 e. The van der Waals surface area contributed by atoms with Crippen LogP contribution in [0.25, 0.3) is 0 Å². The lowest BCUT2D eigenvalue weighted by atomic mass is 10.1. The molecule has 1 aliphatic heterocycles. The van der Waals surface area contributed by atoms with Crippen LogP contribution in [0.2, 0.25) is 0 Å². The molecular weight excluding hydrogens is 376 g/mol. The van der Waals surface area contributed by atoms with E-state index < -0.39 is 28.9 Å². The molecular formula is C20H18F4N2O2. The van der Waals surface area contributed by atoms with Crippen molar-refractivity contribution < 1.29 is 27.2 Å². The smallest absolute Gasteiger partial charge is 0.257 e. The minimum absolute atomic E-state index is 0.101. The molecule has 2 aromatic rings. The molecule has 0 radical (unpaired) electrons. The van der Waals surface area contributed by atoms with Crippen LogP contribution in [0.15, 0.2) is 36.4 Å². The van der Waals surface area contributed by atoms with Gasteiger partial charge in [-0.1, -0.05) is 12.1 Å². The fourth-order valence-electron chi connectivity index (χ4n) is 3.08. The SMILES string of the molecule is O=C(CCc1ccc(F)cc1)N1CCN(C(=O)c2ccc(F)c(F)c2F)CC1. The summed E-state index contributed by atoms with van der Waals surface area (Å²) in [6, 6.07) is 7.53. The molecule has 148 valence electrons. The van der Waals surface area contributed by atoms with Crippen LogP contribution in [0.3, 0.4) is 0 Å². The molecule has 28 heavy (non-hydrogen) atoms. The average Bonchev–Trinajstić information content (AvgIpc) is 2.71. The van der Waals surface area contributed by atoms with Gasteiger partial charge >= 0.3 is 0 Å². The maximum absolute atomic E-state index is 13.8. The number of carbonyl (C=O) groups excluding carboxylic acids is 2. The highest BCUT2D eigenvalue weighted by Gasteiger charge is 2.27. The van der Waals surface area contributed by atoms with E-state index >= 15 is 0 Å². The molecule has 4 nitrogen and oxygen atoms in total. The zero-order valence-corrected chi connectivity index (χ0v) is 14.9. The Kier molecular flexibility index (Phi) is 5.96. The molecule has 2 amide bonds. The van der Waals surface area contributed by atoms with Crippen LogP contribution in [0.5, 0.6) is 0 Å². The van der Waals surface area contributed by atoms with E-state index in [4.69, 9.17) is 0 Å². The van der Waals surface area contributed by atoms with Crippen molar-refractivity contribution in [2.45, 2.75) is 12.8 Å². The first-order valence-corrected chi connectivity index (χ1v) is 8.82. The lowest BCUT2D eigenvalue weighted by molar-refractivity contribution is -0.132. The lowest BCUT2D eigenvalue weighted by Gasteiger charge is -2.35. The molecule has 0 N–H and O–H groups in total. The molecule has 8 heteroatoms. The van der Waals surface area contributed by atoms with Gasteiger partial charge in [-0.15, -0.1) is 0 Å². The summed E-state index contributed by atoms with van der Waals surface area (Å²) >= 11 is 0. The molecule has 3 rings (SSSR count). The fourth-order valence-corrected chi connectivity index (χ4v) is 3.08. The molecule has 0 unspecified atom stereocenters. The third-order valence-corrected chi connectivity index (χ3v) is 4.73. The van der Waals surface area contributed by atoms with Crippen molar-refractivity contribution in [3.05, 3.63) is 70.8 Å². The number of aryl methyl sites for hydroxylation is 1. The summed E-state index contributed by atoms with van der Waals surface area (Å²) in [7, 11) is 0. The number of rotatable bonds is 4. The van der Waals surface area contributed by atoms with Crippen molar-refractivity contribution >= 4 is 11.8 Å². The molecule has 2 aromatic carbocycles. The molecule has 0 atom stereocenters. The average molecular weight is 394 g/mol. The number of nitrogens with zero attached hydrogens (tertiary/aromatic N) is 2. The first-order valence-electron chi connectivity index (χ1n) is 8.82. The van der Waals surface area contributed by atoms with Crippen LogP contribution < -0.4 is 0 Å². The van der Waals surface area contributed by atoms with Gasteiger partial charge in [0.15, 0.2) is 17.5 Å². The largest absolute Gasteiger partial charge is 0.339 e. The Morgan fingerprint density at radius 1 is 0.786 bits per heavy atom. The van der Waals surface area contributed by atoms with Crippen LogP contribution >= 0.6 is 0 Å². The summed E-state index contributed by atoms with van der Waals surface area (Å²) in [5.41, 5.74) is 0.312. The molecule has 1 saturated heterocycles. The van der Waals surface area contributed by atoms with Crippen molar-refractivity contribution in [2.75, 3.05) is 26.2 Å². The zero-order chi connectivity index (χ0) is 20.3. The van der Waals surface area contributed by atoms with Crippen molar-refractivity contribution in [3.8, 4) is 0 Å². The Balaban J connectivity index is 1.53. The number of hydrogen-bond acceptors (Lipinski definition) is 2. The van der Waals surface area contributed by atoms with Crippen molar-refractivity contribution in [1.82, 2.24) is 9.80 Å². The summed E-state index contributed by atoms with van der Waals surface area (Å²) in [6.07, 6.45) is 0.718. The highest BCUT2D eigenvalue weighted by Crippen LogP contribution is 2.18. The Morgan fingerprint density at radius 2 is 1.39 bits per heavy atom. The van der Waals surface area contributed by atoms with E-state index in [0.717, 1.165) is 11.6 Å². The fraction of sp³-hybridized carbons (Fsp3) is 0.300. The van der Waals surface area contributed by atoms with E-state index in [9.17, 15) is 27.2 Å². The number of halogens is 4. The van der Waals surface area contributed by atoms with Gasteiger partial charge in [0.1, 0.15) is 5.82 Å². The van der Waals surface area contributed by atoms with Crippen molar-refractivity contribution in [2.24, 2.45) is 0 Å². The van der Waals surface area contributed by atoms with Gasteiger partial charge in [0.2, 0.25) is 5.91 Å². The van der Waals surface area contributed by atoms with Gasteiger partial charge in [-0.25, -0.2) is 17.6 Å². The lowest BCUT2D eigenvalue weighted by Crippen LogP contribution is -2.50. The van der Waals surface area contributed by atoms with E-state index in [1.807, 2.05) is 0 Å². The molecule has 0 saturated carbocycles. The molecule has 0 bridgehead atoms. The number of piperazine rings is 1. The highest BCUT2D eigenvalue weighted by molar-refractivity contribution is 5.94. The Labute approximate surface area is 159 Å². The summed E-state index contributed by atoms with van der Waals surface area (Å²) in [5.74, 6) is -5.73. The van der Waals surface area contributed by atoms with Crippen LogP contribution in [0.4, 0.5) is 17.6 Å². The van der Waals surface area contributed by atoms with Gasteiger partial charge in [0, 0.05) is 32.6 Å². The van der Waals surface area contributed by atoms with Crippen LogP contribution in [0.1, 0.15) is 22.3 Å². The molecule has 0 aromatic heterocycles. The van der Waals surface area contributed by atoms with Gasteiger partial charge in [-0.2, -0.15) is 0 Å². The number of hydrogen-bond donors (Lipinski definition) is 0. The van der Waals surface area contributed by atoms with E-state index in [0.29, 0.717) is 12.5 Å². The Hall–Kier alpha value is -2.90. The Bertz CT molecular complexity index is 879. The van der Waals surface area contributed by atoms with E-state index in [-0.39, 0.29) is 44.3 Å². The summed E-state index contributed by atoms with van der Waals surface area (Å²) in [5, 5.41) is 0. The monoisotopic (exact) mass is 394 g/mol. The predicted molar refractivity (Wildman–Crippen MR) is 93.5 cm³/mol. The molecule has 1 fully saturated rings. The normalized spacial score (nSPS) is 14.3. The second kappa shape index (κ2) is 8.41. The second-order valence-corrected chi connectivity index (χ2v) is 6.52. The minimum Gasteiger partial charge on any atom is -0.339 e. The highest BCUT2D eigenvalue weighted by atomic mass is 19.2. The van der Waals surface area contributed by atoms with Crippen LogP contribution in [-0.4, -0.2) is 47.8 Å². The number of amides is 2. The summed E-state index contributed by atoms with van der Waals surface area (Å²) in [4.78, 5) is 27.6. The van der Waals surface area contributed by atoms with Gasteiger partial charge in [0.05, 0.1) is 5.56 Å². The molecule has 1 heterocycles. The summed E-state index contributed by atoms with van der Waals surface area (Å²) < 4.78 is 53.1. The molecule has 0 aliphatic carbocycles. The summed E-state index contributed by atoms with van der Waals surface area (Å²) in [6.45, 7) is 0.859. The first kappa shape index (κ1) is 19.9. The standard InChI is InChI=1S/C20H18F4N2O2/c21-14-4-1-13(2-5-14)3-8-17(27)25-9-11-26(12-10-25)20(28)15-6-7-16(22)19(24)18(15)23/h1-2,4-7H,3,8-12H2. The van der Waals surface area contributed by atoms with Gasteiger partial charge < -0.3 is 9.80 Å². The number of benzene rings is 2. The third kappa shape index (κ3) is 4.32. The first-order chi connectivity index (χ1) is 13.4. The van der Waals surface area contributed by atoms with Gasteiger partial charge in [0.25, 0.3) is 5.91 Å². The van der Waals surface area contributed by atoms with Crippen molar-refractivity contribution in [3.63, 3.8) is 0 Å². The Morgan fingerprint density at radius 3 is 2.04 bits per heavy atom. The van der Waals surface area contributed by atoms with Gasteiger partial charge in [-0.05, 0) is 36.2 Å². The van der Waals surface area contributed by atoms with Crippen LogP contribution in [-0.2, 0) is 11.2 Å². The topological polar surface area (TPSA) is 40.6 Å². The number of carbonyl (C=O) groups is 2. The van der Waals surface area contributed by atoms with E-state index in [2.05, 4.69) is 0 Å². The predicted octanol–water partition coefficient (Wildman–Crippen LogP) is 3.16. The van der Waals surface area contributed by atoms with Crippen molar-refractivity contribution in [1.29, 1.82) is 0 Å². The maximum atomic E-state index is 13.8. The zero-order valence-electron chi connectivity index (χ0n) is 14.9. The molecule has 0 spiro atoms. The van der Waals surface area contributed by atoms with Crippen LogP contribution in [0, 0.1) is 23.3 Å². The minimum atomic E-state index is -1.68. The molecule has 1 aliphatic rings. The van der Waals surface area contributed by atoms with E-state index in [1.165, 1.54) is 17.0 Å². The van der Waals surface area contributed by atoms with Gasteiger partial charge in [-0.3, -0.25) is 9.59 Å². The quantitative estimate of drug-likeness (QED) is 0.591.